The first-order valence-electron chi connectivity index (χ1n) is 8.33. The third-order valence-corrected chi connectivity index (χ3v) is 4.53. The molecule has 2 heterocycles. The highest BCUT2D eigenvalue weighted by Gasteiger charge is 2.22. The highest BCUT2D eigenvalue weighted by Crippen LogP contribution is 2.26. The fourth-order valence-corrected chi connectivity index (χ4v) is 3.33. The molecule has 5 nitrogen and oxygen atoms in total. The van der Waals surface area contributed by atoms with Crippen LogP contribution in [-0.4, -0.2) is 48.6 Å². The monoisotopic (exact) mass is 315 g/mol. The van der Waals surface area contributed by atoms with Crippen molar-refractivity contribution in [3.8, 4) is 5.75 Å². The lowest BCUT2D eigenvalue weighted by molar-refractivity contribution is 0.0907. The minimum atomic E-state index is -0.0167. The summed E-state index contributed by atoms with van der Waals surface area (Å²) in [6, 6.07) is 6.12. The van der Waals surface area contributed by atoms with Crippen molar-refractivity contribution >= 4 is 16.8 Å². The van der Waals surface area contributed by atoms with E-state index in [0.717, 1.165) is 48.1 Å². The summed E-state index contributed by atoms with van der Waals surface area (Å²) in [5, 5.41) is 4.21. The lowest BCUT2D eigenvalue weighted by atomic mass is 10.1. The largest absolute Gasteiger partial charge is 0.494 e. The van der Waals surface area contributed by atoms with Crippen LogP contribution in [0.3, 0.4) is 0 Å². The van der Waals surface area contributed by atoms with Gasteiger partial charge < -0.3 is 19.9 Å². The van der Waals surface area contributed by atoms with Crippen LogP contribution >= 0.6 is 0 Å². The summed E-state index contributed by atoms with van der Waals surface area (Å²) < 4.78 is 5.55. The number of carbonyl (C=O) groups excluding carboxylic acids is 1. The van der Waals surface area contributed by atoms with Gasteiger partial charge in [-0.05, 0) is 64.0 Å². The Hall–Kier alpha value is -2.01. The fraction of sp³-hybridized carbons (Fsp3) is 0.500. The van der Waals surface area contributed by atoms with Gasteiger partial charge in [0.2, 0.25) is 0 Å². The number of likely N-dealkylation sites (tertiary alicyclic amines) is 1. The number of hydrogen-bond acceptors (Lipinski definition) is 3. The van der Waals surface area contributed by atoms with Crippen molar-refractivity contribution in [2.24, 2.45) is 0 Å². The maximum absolute atomic E-state index is 12.6. The second-order valence-electron chi connectivity index (χ2n) is 6.34. The number of H-pyrrole nitrogens is 1. The minimum absolute atomic E-state index is 0.0167. The average Bonchev–Trinajstić information content (AvgIpc) is 2.85. The van der Waals surface area contributed by atoms with Gasteiger partial charge in [-0.2, -0.15) is 0 Å². The summed E-state index contributed by atoms with van der Waals surface area (Å²) in [4.78, 5) is 18.1. The van der Waals surface area contributed by atoms with E-state index >= 15 is 0 Å². The Morgan fingerprint density at radius 3 is 3.04 bits per heavy atom. The third-order valence-electron chi connectivity index (χ3n) is 4.53. The summed E-state index contributed by atoms with van der Waals surface area (Å²) in [6.45, 7) is 6.61. The predicted molar refractivity (Wildman–Crippen MR) is 92.2 cm³/mol. The van der Waals surface area contributed by atoms with Gasteiger partial charge in [0.15, 0.2) is 0 Å². The number of aromatic amines is 1. The molecule has 1 aliphatic heterocycles. The smallest absolute Gasteiger partial charge is 0.268 e. The van der Waals surface area contributed by atoms with Crippen molar-refractivity contribution in [1.29, 1.82) is 0 Å². The van der Waals surface area contributed by atoms with Gasteiger partial charge in [0.1, 0.15) is 11.4 Å². The van der Waals surface area contributed by atoms with Gasteiger partial charge >= 0.3 is 0 Å². The molecule has 2 aromatic rings. The van der Waals surface area contributed by atoms with E-state index in [-0.39, 0.29) is 11.9 Å². The molecule has 2 N–H and O–H groups in total. The van der Waals surface area contributed by atoms with Crippen LogP contribution in [0.15, 0.2) is 18.2 Å². The zero-order valence-corrected chi connectivity index (χ0v) is 14.1. The summed E-state index contributed by atoms with van der Waals surface area (Å²) in [5.74, 6) is 0.819. The van der Waals surface area contributed by atoms with Crippen molar-refractivity contribution in [2.75, 3.05) is 26.7 Å². The zero-order chi connectivity index (χ0) is 16.4. The molecule has 1 fully saturated rings. The first kappa shape index (κ1) is 15.9. The number of hydrogen-bond donors (Lipinski definition) is 2. The molecule has 1 aromatic heterocycles. The molecule has 5 heteroatoms. The predicted octanol–water partition coefficient (Wildman–Crippen LogP) is 2.70. The van der Waals surface area contributed by atoms with Crippen LogP contribution in [0.5, 0.6) is 5.75 Å². The van der Waals surface area contributed by atoms with Crippen molar-refractivity contribution in [1.82, 2.24) is 15.2 Å². The van der Waals surface area contributed by atoms with Crippen LogP contribution in [0.4, 0.5) is 0 Å². The molecule has 0 saturated carbocycles. The summed E-state index contributed by atoms with van der Waals surface area (Å²) in [6.07, 6.45) is 2.18. The van der Waals surface area contributed by atoms with Gasteiger partial charge in [-0.1, -0.05) is 0 Å². The van der Waals surface area contributed by atoms with Crippen molar-refractivity contribution < 1.29 is 9.53 Å². The first-order valence-corrected chi connectivity index (χ1v) is 8.33. The molecule has 124 valence electrons. The lowest BCUT2D eigenvalue weighted by Crippen LogP contribution is -2.46. The van der Waals surface area contributed by atoms with E-state index in [1.165, 1.54) is 0 Å². The van der Waals surface area contributed by atoms with Gasteiger partial charge in [-0.3, -0.25) is 4.79 Å². The Kier molecular flexibility index (Phi) is 4.57. The van der Waals surface area contributed by atoms with Crippen molar-refractivity contribution in [3.63, 3.8) is 0 Å². The molecule has 0 bridgehead atoms. The number of piperidine rings is 1. The van der Waals surface area contributed by atoms with Crippen molar-refractivity contribution in [3.05, 3.63) is 29.5 Å². The normalized spacial score (nSPS) is 19.0. The second kappa shape index (κ2) is 6.62. The van der Waals surface area contributed by atoms with Crippen LogP contribution in [0.2, 0.25) is 0 Å². The minimum Gasteiger partial charge on any atom is -0.494 e. The Bertz CT molecular complexity index is 708. The Morgan fingerprint density at radius 1 is 1.48 bits per heavy atom. The Balaban J connectivity index is 1.81. The molecular formula is C18H25N3O2. The highest BCUT2D eigenvalue weighted by molar-refractivity contribution is 6.01. The maximum Gasteiger partial charge on any atom is 0.268 e. The molecule has 1 atom stereocenters. The molecule has 1 unspecified atom stereocenters. The standard InChI is InChI=1S/C18H25N3O2/c1-4-23-14-7-8-16-15(10-14)12(2)17(20-16)18(22)19-13-6-5-9-21(3)11-13/h7-8,10,13,20H,4-6,9,11H2,1-3H3,(H,19,22). The number of likely N-dealkylation sites (N-methyl/N-ethyl adjacent to an activating group) is 1. The number of ether oxygens (including phenoxy) is 1. The number of fused-ring (bicyclic) bond motifs is 1. The van der Waals surface area contributed by atoms with E-state index in [1.807, 2.05) is 32.0 Å². The van der Waals surface area contributed by atoms with Crippen molar-refractivity contribution in [2.45, 2.75) is 32.7 Å². The molecule has 3 rings (SSSR count). The Morgan fingerprint density at radius 2 is 2.30 bits per heavy atom. The van der Waals surface area contributed by atoms with Crippen LogP contribution < -0.4 is 10.1 Å². The van der Waals surface area contributed by atoms with Gasteiger partial charge in [0, 0.05) is 23.5 Å². The molecule has 23 heavy (non-hydrogen) atoms. The molecule has 1 amide bonds. The van der Waals surface area contributed by atoms with E-state index in [4.69, 9.17) is 4.74 Å². The average molecular weight is 315 g/mol. The topological polar surface area (TPSA) is 57.4 Å². The SMILES string of the molecule is CCOc1ccc2[nH]c(C(=O)NC3CCCN(C)C3)c(C)c2c1. The van der Waals surface area contributed by atoms with Gasteiger partial charge in [0.05, 0.1) is 6.61 Å². The van der Waals surface area contributed by atoms with E-state index in [2.05, 4.69) is 22.2 Å². The number of nitrogens with one attached hydrogen (secondary N) is 2. The summed E-state index contributed by atoms with van der Waals surface area (Å²) in [5.41, 5.74) is 2.60. The molecule has 1 saturated heterocycles. The number of carbonyl (C=O) groups is 1. The molecule has 0 aliphatic carbocycles. The number of aryl methyl sites for hydroxylation is 1. The zero-order valence-electron chi connectivity index (χ0n) is 14.1. The lowest BCUT2D eigenvalue weighted by Gasteiger charge is -2.30. The van der Waals surface area contributed by atoms with E-state index in [9.17, 15) is 4.79 Å². The second-order valence-corrected chi connectivity index (χ2v) is 6.34. The van der Waals surface area contributed by atoms with Crippen LogP contribution in [0, 0.1) is 6.92 Å². The number of nitrogens with zero attached hydrogens (tertiary/aromatic N) is 1. The fourth-order valence-electron chi connectivity index (χ4n) is 3.33. The number of rotatable bonds is 4. The van der Waals surface area contributed by atoms with Crippen LogP contribution in [-0.2, 0) is 0 Å². The first-order chi connectivity index (χ1) is 11.1. The van der Waals surface area contributed by atoms with Crippen LogP contribution in [0.25, 0.3) is 10.9 Å². The number of aromatic nitrogens is 1. The van der Waals surface area contributed by atoms with E-state index < -0.39 is 0 Å². The van der Waals surface area contributed by atoms with Gasteiger partial charge in [0.25, 0.3) is 5.91 Å². The summed E-state index contributed by atoms with van der Waals surface area (Å²) in [7, 11) is 2.10. The Labute approximate surface area is 137 Å². The van der Waals surface area contributed by atoms with E-state index in [0.29, 0.717) is 12.3 Å². The van der Waals surface area contributed by atoms with Gasteiger partial charge in [-0.15, -0.1) is 0 Å². The molecule has 1 aliphatic rings. The maximum atomic E-state index is 12.6. The number of benzene rings is 1. The third kappa shape index (κ3) is 3.34. The van der Waals surface area contributed by atoms with E-state index in [1.54, 1.807) is 0 Å². The quantitative estimate of drug-likeness (QED) is 0.912. The molecule has 0 radical (unpaired) electrons. The highest BCUT2D eigenvalue weighted by atomic mass is 16.5. The molecule has 0 spiro atoms. The van der Waals surface area contributed by atoms with Crippen LogP contribution in [0.1, 0.15) is 35.8 Å². The van der Waals surface area contributed by atoms with Gasteiger partial charge in [-0.25, -0.2) is 0 Å². The summed E-state index contributed by atoms with van der Waals surface area (Å²) >= 11 is 0. The number of amides is 1. The molecule has 1 aromatic carbocycles. The molecular weight excluding hydrogens is 290 g/mol.